The minimum absolute atomic E-state index is 0.0871. The Bertz CT molecular complexity index is 319. The SMILES string of the molecule is Fc1cc2c3c(c1)N3CC2. The molecule has 0 radical (unpaired) electrons. The lowest BCUT2D eigenvalue weighted by atomic mass is 10.2. The summed E-state index contributed by atoms with van der Waals surface area (Å²) < 4.78 is 12.6. The Hall–Kier alpha value is -1.05. The maximum absolute atomic E-state index is 12.6. The Kier molecular flexibility index (Phi) is 0.562. The maximum atomic E-state index is 12.6. The van der Waals surface area contributed by atoms with Crippen LogP contribution in [0.4, 0.5) is 15.8 Å². The summed E-state index contributed by atoms with van der Waals surface area (Å²) in [5.74, 6) is -0.0871. The Morgan fingerprint density at radius 1 is 1.40 bits per heavy atom. The molecule has 1 aromatic carbocycles. The third kappa shape index (κ3) is 0.365. The molecule has 2 heteroatoms. The molecule has 0 aromatic heterocycles. The van der Waals surface area contributed by atoms with Crippen molar-refractivity contribution in [2.75, 3.05) is 11.4 Å². The minimum Gasteiger partial charge on any atom is -0.337 e. The van der Waals surface area contributed by atoms with Crippen LogP contribution in [0.1, 0.15) is 5.56 Å². The van der Waals surface area contributed by atoms with E-state index in [9.17, 15) is 4.39 Å². The molecule has 2 aliphatic rings. The van der Waals surface area contributed by atoms with Crippen molar-refractivity contribution in [3.63, 3.8) is 0 Å². The molecule has 1 nitrogen and oxygen atoms in total. The Balaban J connectivity index is 2.35. The highest BCUT2D eigenvalue weighted by molar-refractivity contribution is 5.97. The lowest BCUT2D eigenvalue weighted by Gasteiger charge is -1.95. The van der Waals surface area contributed by atoms with Gasteiger partial charge in [0.1, 0.15) is 5.82 Å². The average molecular weight is 135 g/mol. The Labute approximate surface area is 58.1 Å². The first kappa shape index (κ1) is 4.72. The van der Waals surface area contributed by atoms with Gasteiger partial charge in [0.2, 0.25) is 0 Å². The molecule has 2 heterocycles. The van der Waals surface area contributed by atoms with E-state index in [4.69, 9.17) is 0 Å². The maximum Gasteiger partial charge on any atom is 0.125 e. The van der Waals surface area contributed by atoms with Crippen LogP contribution >= 0.6 is 0 Å². The van der Waals surface area contributed by atoms with E-state index >= 15 is 0 Å². The van der Waals surface area contributed by atoms with E-state index in [0.717, 1.165) is 18.7 Å². The molecule has 0 saturated carbocycles. The molecule has 0 atom stereocenters. The second kappa shape index (κ2) is 1.19. The topological polar surface area (TPSA) is 3.01 Å². The number of anilines is 2. The van der Waals surface area contributed by atoms with Crippen LogP contribution in [0, 0.1) is 5.82 Å². The van der Waals surface area contributed by atoms with Gasteiger partial charge in [0.15, 0.2) is 0 Å². The van der Waals surface area contributed by atoms with Crippen molar-refractivity contribution >= 4 is 11.4 Å². The molecule has 0 unspecified atom stereocenters. The van der Waals surface area contributed by atoms with E-state index in [2.05, 4.69) is 4.90 Å². The standard InChI is InChI=1S/C8H6FN/c9-6-3-5-1-2-10-7(4-6)8(5)10/h3-4H,1-2H2. The molecule has 3 rings (SSSR count). The van der Waals surface area contributed by atoms with Gasteiger partial charge in [0.25, 0.3) is 0 Å². The van der Waals surface area contributed by atoms with Crippen molar-refractivity contribution in [2.45, 2.75) is 6.42 Å². The van der Waals surface area contributed by atoms with Crippen LogP contribution in [-0.4, -0.2) is 6.54 Å². The van der Waals surface area contributed by atoms with Crippen molar-refractivity contribution in [3.8, 4) is 0 Å². The molecule has 0 spiro atoms. The highest BCUT2D eigenvalue weighted by Crippen LogP contribution is 2.54. The summed E-state index contributed by atoms with van der Waals surface area (Å²) in [6, 6.07) is 3.25. The fraction of sp³-hybridized carbons (Fsp3) is 0.250. The second-order valence-corrected chi connectivity index (χ2v) is 2.83. The summed E-state index contributed by atoms with van der Waals surface area (Å²) in [5.41, 5.74) is 3.60. The van der Waals surface area contributed by atoms with E-state index in [0.29, 0.717) is 0 Å². The first-order valence-corrected chi connectivity index (χ1v) is 3.46. The average Bonchev–Trinajstić information content (AvgIpc) is 2.35. The predicted molar refractivity (Wildman–Crippen MR) is 37.1 cm³/mol. The zero-order chi connectivity index (χ0) is 6.72. The largest absolute Gasteiger partial charge is 0.337 e. The van der Waals surface area contributed by atoms with E-state index in [-0.39, 0.29) is 5.82 Å². The summed E-state index contributed by atoms with van der Waals surface area (Å²) in [6.07, 6.45) is 1.03. The third-order valence-electron chi connectivity index (χ3n) is 2.25. The second-order valence-electron chi connectivity index (χ2n) is 2.83. The molecular weight excluding hydrogens is 129 g/mol. The molecule has 2 aliphatic heterocycles. The smallest absolute Gasteiger partial charge is 0.125 e. The van der Waals surface area contributed by atoms with Gasteiger partial charge >= 0.3 is 0 Å². The Morgan fingerprint density at radius 2 is 2.30 bits per heavy atom. The molecule has 1 aromatic rings. The first-order valence-electron chi connectivity index (χ1n) is 3.46. The normalized spacial score (nSPS) is 17.5. The number of hydrogen-bond acceptors (Lipinski definition) is 1. The van der Waals surface area contributed by atoms with E-state index in [1.54, 1.807) is 12.1 Å². The van der Waals surface area contributed by atoms with Gasteiger partial charge in [-0.1, -0.05) is 0 Å². The van der Waals surface area contributed by atoms with Gasteiger partial charge < -0.3 is 4.90 Å². The molecule has 0 bridgehead atoms. The highest BCUT2D eigenvalue weighted by Gasteiger charge is 2.37. The summed E-state index contributed by atoms with van der Waals surface area (Å²) in [5, 5.41) is 0. The monoisotopic (exact) mass is 135 g/mol. The van der Waals surface area contributed by atoms with Gasteiger partial charge in [-0.15, -0.1) is 0 Å². The van der Waals surface area contributed by atoms with Crippen LogP contribution in [0.3, 0.4) is 0 Å². The summed E-state index contributed by atoms with van der Waals surface area (Å²) >= 11 is 0. The molecule has 10 heavy (non-hydrogen) atoms. The van der Waals surface area contributed by atoms with Crippen molar-refractivity contribution in [1.82, 2.24) is 0 Å². The molecule has 0 saturated heterocycles. The fourth-order valence-corrected chi connectivity index (χ4v) is 1.76. The number of benzene rings is 1. The quantitative estimate of drug-likeness (QED) is 0.490. The fourth-order valence-electron chi connectivity index (χ4n) is 1.76. The number of halogens is 1. The van der Waals surface area contributed by atoms with Gasteiger partial charge in [-0.05, 0) is 24.1 Å². The van der Waals surface area contributed by atoms with Crippen LogP contribution in [0.25, 0.3) is 0 Å². The van der Waals surface area contributed by atoms with Gasteiger partial charge in [-0.25, -0.2) is 4.39 Å². The van der Waals surface area contributed by atoms with Crippen molar-refractivity contribution < 1.29 is 4.39 Å². The predicted octanol–water partition coefficient (Wildman–Crippen LogP) is 1.83. The lowest BCUT2D eigenvalue weighted by molar-refractivity contribution is 0.627. The molecule has 0 fully saturated rings. The summed E-state index contributed by atoms with van der Waals surface area (Å²) in [4.78, 5) is 2.17. The zero-order valence-electron chi connectivity index (χ0n) is 5.39. The van der Waals surface area contributed by atoms with Gasteiger partial charge in [-0.2, -0.15) is 0 Å². The summed E-state index contributed by atoms with van der Waals surface area (Å²) in [7, 11) is 0. The van der Waals surface area contributed by atoms with Crippen LogP contribution in [-0.2, 0) is 6.42 Å². The van der Waals surface area contributed by atoms with E-state index in [1.807, 2.05) is 0 Å². The van der Waals surface area contributed by atoms with Crippen LogP contribution in [0.5, 0.6) is 0 Å². The number of nitrogens with zero attached hydrogens (tertiary/aromatic N) is 1. The zero-order valence-corrected chi connectivity index (χ0v) is 5.39. The van der Waals surface area contributed by atoms with E-state index < -0.39 is 0 Å². The summed E-state index contributed by atoms with van der Waals surface area (Å²) in [6.45, 7) is 1.07. The van der Waals surface area contributed by atoms with Gasteiger partial charge in [-0.3, -0.25) is 0 Å². The highest BCUT2D eigenvalue weighted by atomic mass is 19.1. The number of rotatable bonds is 0. The van der Waals surface area contributed by atoms with Gasteiger partial charge in [0, 0.05) is 6.54 Å². The molecule has 0 amide bonds. The van der Waals surface area contributed by atoms with Crippen LogP contribution in [0.15, 0.2) is 12.1 Å². The minimum atomic E-state index is -0.0871. The van der Waals surface area contributed by atoms with Crippen LogP contribution < -0.4 is 4.90 Å². The number of hydrogen-bond donors (Lipinski definition) is 0. The number of fused-ring (bicyclic) bond motifs is 1. The van der Waals surface area contributed by atoms with Crippen molar-refractivity contribution in [3.05, 3.63) is 23.5 Å². The molecular formula is C8H6FN. The molecule has 50 valence electrons. The van der Waals surface area contributed by atoms with Crippen molar-refractivity contribution in [1.29, 1.82) is 0 Å². The van der Waals surface area contributed by atoms with Crippen LogP contribution in [0.2, 0.25) is 0 Å². The lowest BCUT2D eigenvalue weighted by Crippen LogP contribution is -1.98. The Morgan fingerprint density at radius 3 is 3.10 bits per heavy atom. The molecule has 0 N–H and O–H groups in total. The van der Waals surface area contributed by atoms with E-state index in [1.165, 1.54) is 11.3 Å². The van der Waals surface area contributed by atoms with Crippen molar-refractivity contribution in [2.24, 2.45) is 0 Å². The first-order chi connectivity index (χ1) is 4.86. The third-order valence-corrected chi connectivity index (χ3v) is 2.25. The van der Waals surface area contributed by atoms with Gasteiger partial charge in [0.05, 0.1) is 11.4 Å². The molecule has 0 aliphatic carbocycles.